The first-order valence-corrected chi connectivity index (χ1v) is 15.7. The quantitative estimate of drug-likeness (QED) is 0.216. The second-order valence-corrected chi connectivity index (χ2v) is 11.8. The van der Waals surface area contributed by atoms with Crippen molar-refractivity contribution < 1.29 is 4.42 Å². The van der Waals surface area contributed by atoms with E-state index in [-0.39, 0.29) is 0 Å². The van der Waals surface area contributed by atoms with Crippen molar-refractivity contribution in [1.29, 1.82) is 0 Å². The highest BCUT2D eigenvalue weighted by atomic mass is 16.3. The van der Waals surface area contributed by atoms with E-state index in [9.17, 15) is 0 Å². The third-order valence-electron chi connectivity index (χ3n) is 9.05. The Labute approximate surface area is 267 Å². The van der Waals surface area contributed by atoms with Crippen LogP contribution in [0.5, 0.6) is 0 Å². The number of nitrogens with zero attached hydrogens (tertiary/aromatic N) is 1. The number of fused-ring (bicyclic) bond motifs is 5. The van der Waals surface area contributed by atoms with Crippen LogP contribution in [0.2, 0.25) is 0 Å². The van der Waals surface area contributed by atoms with Crippen molar-refractivity contribution in [2.45, 2.75) is 0 Å². The summed E-state index contributed by atoms with van der Waals surface area (Å²) in [6, 6.07) is 54.3. The maximum Gasteiger partial charge on any atom is 0.136 e. The number of hydrogen-bond donors (Lipinski definition) is 1. The molecule has 8 aromatic rings. The molecule has 0 radical (unpaired) electrons. The summed E-state index contributed by atoms with van der Waals surface area (Å²) in [7, 11) is 0. The van der Waals surface area contributed by atoms with Gasteiger partial charge in [0.05, 0.1) is 0 Å². The maximum absolute atomic E-state index is 6.35. The fraction of sp³-hybridized carbons (Fsp3) is 0.0233. The minimum absolute atomic E-state index is 0.834. The summed E-state index contributed by atoms with van der Waals surface area (Å²) in [5.41, 5.74) is 12.2. The summed E-state index contributed by atoms with van der Waals surface area (Å²) in [5, 5.41) is 8.23. The van der Waals surface area contributed by atoms with Gasteiger partial charge in [-0.2, -0.15) is 0 Å². The highest BCUT2D eigenvalue weighted by Crippen LogP contribution is 2.41. The van der Waals surface area contributed by atoms with Crippen molar-refractivity contribution in [3.05, 3.63) is 163 Å². The second-order valence-electron chi connectivity index (χ2n) is 11.8. The molecule has 0 aliphatic carbocycles. The molecule has 0 bridgehead atoms. The maximum atomic E-state index is 6.35. The molecule has 0 unspecified atom stereocenters. The van der Waals surface area contributed by atoms with Crippen molar-refractivity contribution in [1.82, 2.24) is 0 Å². The Morgan fingerprint density at radius 3 is 2.00 bits per heavy atom. The summed E-state index contributed by atoms with van der Waals surface area (Å²) in [6.07, 6.45) is 4.30. The van der Waals surface area contributed by atoms with E-state index in [4.69, 9.17) is 4.42 Å². The fourth-order valence-corrected chi connectivity index (χ4v) is 6.76. The molecule has 0 saturated heterocycles. The van der Waals surface area contributed by atoms with E-state index in [0.29, 0.717) is 0 Å². The van der Waals surface area contributed by atoms with Gasteiger partial charge in [0.1, 0.15) is 11.2 Å². The predicted molar refractivity (Wildman–Crippen MR) is 194 cm³/mol. The third kappa shape index (κ3) is 4.53. The van der Waals surface area contributed by atoms with Gasteiger partial charge in [-0.05, 0) is 87.6 Å². The largest absolute Gasteiger partial charge is 0.456 e. The van der Waals surface area contributed by atoms with Crippen LogP contribution in [-0.4, -0.2) is 6.54 Å². The molecule has 3 nitrogen and oxygen atoms in total. The zero-order valence-corrected chi connectivity index (χ0v) is 25.2. The van der Waals surface area contributed by atoms with Gasteiger partial charge in [-0.25, -0.2) is 0 Å². The van der Waals surface area contributed by atoms with E-state index < -0.39 is 0 Å². The molecule has 0 fully saturated rings. The van der Waals surface area contributed by atoms with Crippen molar-refractivity contribution in [2.75, 3.05) is 16.8 Å². The lowest BCUT2D eigenvalue weighted by Crippen LogP contribution is -2.09. The molecule has 1 aliphatic rings. The molecule has 3 heteroatoms. The fourth-order valence-electron chi connectivity index (χ4n) is 6.76. The van der Waals surface area contributed by atoms with Crippen LogP contribution in [0.4, 0.5) is 22.7 Å². The zero-order chi connectivity index (χ0) is 30.5. The smallest absolute Gasteiger partial charge is 0.136 e. The Bertz CT molecular complexity index is 2400. The second kappa shape index (κ2) is 10.8. The number of rotatable bonds is 5. The summed E-state index contributed by atoms with van der Waals surface area (Å²) < 4.78 is 6.35. The van der Waals surface area contributed by atoms with Crippen LogP contribution in [0.1, 0.15) is 5.56 Å². The Morgan fingerprint density at radius 1 is 0.500 bits per heavy atom. The van der Waals surface area contributed by atoms with E-state index in [1.807, 2.05) is 0 Å². The molecule has 46 heavy (non-hydrogen) atoms. The minimum atomic E-state index is 0.834. The molecular formula is C43H30N2O. The Kier molecular flexibility index (Phi) is 6.20. The van der Waals surface area contributed by atoms with Crippen LogP contribution in [-0.2, 0) is 0 Å². The van der Waals surface area contributed by atoms with Crippen molar-refractivity contribution in [3.8, 4) is 22.3 Å². The number of benzene rings is 7. The van der Waals surface area contributed by atoms with Gasteiger partial charge < -0.3 is 14.6 Å². The lowest BCUT2D eigenvalue weighted by atomic mass is 9.98. The lowest BCUT2D eigenvalue weighted by Gasteiger charge is -2.26. The molecule has 9 rings (SSSR count). The van der Waals surface area contributed by atoms with Gasteiger partial charge in [-0.15, -0.1) is 0 Å². The van der Waals surface area contributed by atoms with Gasteiger partial charge >= 0.3 is 0 Å². The number of furan rings is 1. The zero-order valence-electron chi connectivity index (χ0n) is 25.2. The topological polar surface area (TPSA) is 28.4 Å². The third-order valence-corrected chi connectivity index (χ3v) is 9.05. The van der Waals surface area contributed by atoms with Crippen LogP contribution in [0, 0.1) is 0 Å². The lowest BCUT2D eigenvalue weighted by molar-refractivity contribution is 0.669. The highest BCUT2D eigenvalue weighted by molar-refractivity contribution is 6.09. The average Bonchev–Trinajstić information content (AvgIpc) is 3.48. The molecule has 2 heterocycles. The molecule has 1 aliphatic heterocycles. The molecule has 0 amide bonds. The first kappa shape index (κ1) is 26.4. The van der Waals surface area contributed by atoms with Crippen LogP contribution in [0.3, 0.4) is 0 Å². The van der Waals surface area contributed by atoms with Crippen LogP contribution in [0.25, 0.3) is 61.0 Å². The minimum Gasteiger partial charge on any atom is -0.456 e. The molecule has 0 spiro atoms. The van der Waals surface area contributed by atoms with Gasteiger partial charge in [-0.1, -0.05) is 109 Å². The van der Waals surface area contributed by atoms with E-state index in [2.05, 4.69) is 174 Å². The Morgan fingerprint density at radius 2 is 1.17 bits per heavy atom. The summed E-state index contributed by atoms with van der Waals surface area (Å²) in [5.74, 6) is 0. The predicted octanol–water partition coefficient (Wildman–Crippen LogP) is 12.0. The highest BCUT2D eigenvalue weighted by Gasteiger charge is 2.18. The van der Waals surface area contributed by atoms with Gasteiger partial charge in [-0.3, -0.25) is 0 Å². The first-order chi connectivity index (χ1) is 22.8. The number of nitrogens with one attached hydrogen (secondary N) is 1. The van der Waals surface area contributed by atoms with Crippen molar-refractivity contribution >= 4 is 61.5 Å². The van der Waals surface area contributed by atoms with E-state index in [1.54, 1.807) is 0 Å². The van der Waals surface area contributed by atoms with Crippen LogP contribution >= 0.6 is 0 Å². The van der Waals surface area contributed by atoms with Crippen molar-refractivity contribution in [2.24, 2.45) is 0 Å². The molecule has 0 atom stereocenters. The van der Waals surface area contributed by atoms with Crippen molar-refractivity contribution in [3.63, 3.8) is 0 Å². The Balaban J connectivity index is 1.18. The number of anilines is 4. The number of hydrogen-bond acceptors (Lipinski definition) is 3. The molecular weight excluding hydrogens is 560 g/mol. The van der Waals surface area contributed by atoms with Gasteiger partial charge in [0, 0.05) is 45.6 Å². The summed E-state index contributed by atoms with van der Waals surface area (Å²) in [6.45, 7) is 0.834. The molecule has 218 valence electrons. The summed E-state index contributed by atoms with van der Waals surface area (Å²) >= 11 is 0. The van der Waals surface area contributed by atoms with Crippen LogP contribution < -0.4 is 10.2 Å². The molecule has 1 aromatic heterocycles. The molecule has 7 aromatic carbocycles. The monoisotopic (exact) mass is 590 g/mol. The van der Waals surface area contributed by atoms with E-state index in [1.165, 1.54) is 33.0 Å². The molecule has 0 saturated carbocycles. The Hall–Kier alpha value is -6.06. The normalized spacial score (nSPS) is 12.3. The van der Waals surface area contributed by atoms with E-state index >= 15 is 0 Å². The van der Waals surface area contributed by atoms with E-state index in [0.717, 1.165) is 56.8 Å². The molecule has 1 N–H and O–H groups in total. The average molecular weight is 591 g/mol. The SMILES string of the molecule is C1=Cc2cc3oc4ccc(N(c5ccc(-c6ccccc6)cc5)c5ccc(-c6cccc7ccccc67)cc5)cc4c3cc2NC1. The van der Waals surface area contributed by atoms with Crippen LogP contribution in [0.15, 0.2) is 162 Å². The first-order valence-electron chi connectivity index (χ1n) is 15.7. The van der Waals surface area contributed by atoms with Gasteiger partial charge in [0.25, 0.3) is 0 Å². The van der Waals surface area contributed by atoms with Gasteiger partial charge in [0.15, 0.2) is 0 Å². The summed E-state index contributed by atoms with van der Waals surface area (Å²) in [4.78, 5) is 2.33. The standard InChI is InChI=1S/C43H30N2O/c1-2-8-29(9-3-1)30-15-19-34(20-16-30)45(35-21-17-32(18-22-35)38-14-6-11-31-10-4-5-13-37(31)38)36-23-24-42-39(27-36)40-28-41-33(12-7-25-44-41)26-43(40)46-42/h1-24,26-28,44H,25H2. The van der Waals surface area contributed by atoms with Gasteiger partial charge in [0.2, 0.25) is 0 Å².